The van der Waals surface area contributed by atoms with E-state index in [2.05, 4.69) is 5.32 Å². The van der Waals surface area contributed by atoms with E-state index in [-0.39, 0.29) is 23.7 Å². The fourth-order valence-corrected chi connectivity index (χ4v) is 4.77. The zero-order valence-electron chi connectivity index (χ0n) is 15.2. The number of carbonyl (C=O) groups is 2. The molecule has 1 aromatic carbocycles. The van der Waals surface area contributed by atoms with Crippen molar-refractivity contribution in [1.29, 1.82) is 0 Å². The number of anilines is 1. The zero-order chi connectivity index (χ0) is 20.2. The Morgan fingerprint density at radius 2 is 1.81 bits per heavy atom. The molecule has 27 heavy (non-hydrogen) atoms. The van der Waals surface area contributed by atoms with Gasteiger partial charge in [0.2, 0.25) is 5.91 Å². The predicted octanol–water partition coefficient (Wildman–Crippen LogP) is 4.00. The Bertz CT molecular complexity index is 949. The average Bonchev–Trinajstić information content (AvgIpc) is 2.87. The summed E-state index contributed by atoms with van der Waals surface area (Å²) in [5, 5.41) is 3.44. The third-order valence-electron chi connectivity index (χ3n) is 3.89. The molecule has 0 bridgehead atoms. The van der Waals surface area contributed by atoms with Gasteiger partial charge < -0.3 is 10.1 Å². The first kappa shape index (κ1) is 21.4. The summed E-state index contributed by atoms with van der Waals surface area (Å²) in [6.07, 6.45) is -0.233. The summed E-state index contributed by atoms with van der Waals surface area (Å²) in [4.78, 5) is 25.4. The molecule has 0 aliphatic rings. The fraction of sp³-hybridized carbons (Fsp3) is 0.333. The van der Waals surface area contributed by atoms with Gasteiger partial charge in [-0.1, -0.05) is 11.6 Å². The topological polar surface area (TPSA) is 89.5 Å². The summed E-state index contributed by atoms with van der Waals surface area (Å²) in [6, 6.07) is 5.77. The number of hydrogen-bond acceptors (Lipinski definition) is 6. The van der Waals surface area contributed by atoms with Crippen molar-refractivity contribution in [2.45, 2.75) is 32.1 Å². The normalized spacial score (nSPS) is 11.3. The van der Waals surface area contributed by atoms with E-state index in [1.807, 2.05) is 6.92 Å². The fourth-order valence-electron chi connectivity index (χ4n) is 2.34. The van der Waals surface area contributed by atoms with E-state index in [0.717, 1.165) is 10.4 Å². The van der Waals surface area contributed by atoms with Crippen LogP contribution in [0.25, 0.3) is 0 Å². The number of ether oxygens (including phenoxy) is 1. The lowest BCUT2D eigenvalue weighted by Crippen LogP contribution is -2.18. The maximum Gasteiger partial charge on any atom is 0.341 e. The van der Waals surface area contributed by atoms with E-state index in [0.29, 0.717) is 15.6 Å². The van der Waals surface area contributed by atoms with Crippen LogP contribution in [0, 0.1) is 13.8 Å². The number of halogens is 1. The molecule has 1 aromatic heterocycles. The summed E-state index contributed by atoms with van der Waals surface area (Å²) in [7, 11) is -3.61. The van der Waals surface area contributed by atoms with Crippen LogP contribution in [-0.4, -0.2) is 32.7 Å². The van der Waals surface area contributed by atoms with Gasteiger partial charge >= 0.3 is 5.97 Å². The van der Waals surface area contributed by atoms with Crippen molar-refractivity contribution in [3.8, 4) is 0 Å². The SMILES string of the molecule is CCOC(=O)c1c(NC(=O)CCS(=O)(=O)c2ccc(Cl)cc2)sc(C)c1C. The molecule has 0 fully saturated rings. The van der Waals surface area contributed by atoms with E-state index in [4.69, 9.17) is 16.3 Å². The van der Waals surface area contributed by atoms with Gasteiger partial charge in [-0.05, 0) is 50.6 Å². The third-order valence-corrected chi connectivity index (χ3v) is 7.00. The minimum Gasteiger partial charge on any atom is -0.462 e. The van der Waals surface area contributed by atoms with E-state index in [9.17, 15) is 18.0 Å². The summed E-state index contributed by atoms with van der Waals surface area (Å²) in [5.74, 6) is -1.35. The van der Waals surface area contributed by atoms with Gasteiger partial charge in [0, 0.05) is 16.3 Å². The van der Waals surface area contributed by atoms with Gasteiger partial charge in [-0.3, -0.25) is 4.79 Å². The Kier molecular flexibility index (Phi) is 7.02. The summed E-state index contributed by atoms with van der Waals surface area (Å²) < 4.78 is 29.7. The van der Waals surface area contributed by atoms with Gasteiger partial charge in [-0.15, -0.1) is 11.3 Å². The van der Waals surface area contributed by atoms with Crippen molar-refractivity contribution in [3.63, 3.8) is 0 Å². The van der Waals surface area contributed by atoms with Crippen molar-refractivity contribution >= 4 is 49.7 Å². The molecule has 0 saturated heterocycles. The van der Waals surface area contributed by atoms with Gasteiger partial charge in [0.25, 0.3) is 0 Å². The highest BCUT2D eigenvalue weighted by Gasteiger charge is 2.23. The highest BCUT2D eigenvalue weighted by molar-refractivity contribution is 7.91. The van der Waals surface area contributed by atoms with Gasteiger partial charge in [-0.2, -0.15) is 0 Å². The largest absolute Gasteiger partial charge is 0.462 e. The Morgan fingerprint density at radius 3 is 2.41 bits per heavy atom. The molecule has 0 saturated carbocycles. The first-order valence-electron chi connectivity index (χ1n) is 8.21. The maximum atomic E-state index is 12.3. The maximum absolute atomic E-state index is 12.3. The lowest BCUT2D eigenvalue weighted by molar-refractivity contribution is -0.115. The highest BCUT2D eigenvalue weighted by Crippen LogP contribution is 2.33. The first-order chi connectivity index (χ1) is 12.7. The standard InChI is InChI=1S/C18H20ClNO5S2/c1-4-25-18(22)16-11(2)12(3)26-17(16)20-15(21)9-10-27(23,24)14-7-5-13(19)6-8-14/h5-8H,4,9-10H2,1-3H3,(H,20,21). The zero-order valence-corrected chi connectivity index (χ0v) is 17.6. The second-order valence-electron chi connectivity index (χ2n) is 5.78. The number of nitrogens with one attached hydrogen (secondary N) is 1. The quantitative estimate of drug-likeness (QED) is 0.672. The Hall–Kier alpha value is -1.90. The van der Waals surface area contributed by atoms with Crippen LogP contribution in [0.1, 0.15) is 34.1 Å². The number of aryl methyl sites for hydroxylation is 1. The van der Waals surface area contributed by atoms with E-state index in [1.54, 1.807) is 13.8 Å². The summed E-state index contributed by atoms with van der Waals surface area (Å²) >= 11 is 7.02. The van der Waals surface area contributed by atoms with Crippen LogP contribution in [0.15, 0.2) is 29.2 Å². The minimum atomic E-state index is -3.61. The monoisotopic (exact) mass is 429 g/mol. The van der Waals surface area contributed by atoms with Crippen LogP contribution in [0.4, 0.5) is 5.00 Å². The van der Waals surface area contributed by atoms with E-state index < -0.39 is 21.7 Å². The second-order valence-corrected chi connectivity index (χ2v) is 9.55. The molecule has 0 aliphatic heterocycles. The van der Waals surface area contributed by atoms with Crippen LogP contribution < -0.4 is 5.32 Å². The number of thiophene rings is 1. The van der Waals surface area contributed by atoms with Crippen LogP contribution in [0.3, 0.4) is 0 Å². The molecule has 1 amide bonds. The van der Waals surface area contributed by atoms with Crippen LogP contribution in [-0.2, 0) is 19.4 Å². The number of benzene rings is 1. The summed E-state index contributed by atoms with van der Waals surface area (Å²) in [6.45, 7) is 5.54. The average molecular weight is 430 g/mol. The molecular formula is C18H20ClNO5S2. The number of rotatable bonds is 7. The smallest absolute Gasteiger partial charge is 0.341 e. The van der Waals surface area contributed by atoms with Crippen molar-refractivity contribution in [2.24, 2.45) is 0 Å². The number of sulfone groups is 1. The van der Waals surface area contributed by atoms with Crippen molar-refractivity contribution in [2.75, 3.05) is 17.7 Å². The molecule has 1 heterocycles. The summed E-state index contributed by atoms with van der Waals surface area (Å²) in [5.41, 5.74) is 1.05. The molecule has 6 nitrogen and oxygen atoms in total. The van der Waals surface area contributed by atoms with Crippen molar-refractivity contribution in [3.05, 3.63) is 45.3 Å². The van der Waals surface area contributed by atoms with Crippen LogP contribution >= 0.6 is 22.9 Å². The van der Waals surface area contributed by atoms with E-state index in [1.165, 1.54) is 35.6 Å². The van der Waals surface area contributed by atoms with Crippen LogP contribution in [0.2, 0.25) is 5.02 Å². The molecule has 0 radical (unpaired) electrons. The minimum absolute atomic E-state index is 0.106. The number of amides is 1. The first-order valence-corrected chi connectivity index (χ1v) is 11.1. The lowest BCUT2D eigenvalue weighted by Gasteiger charge is -2.08. The molecule has 146 valence electrons. The Labute approximate surface area is 167 Å². The van der Waals surface area contributed by atoms with Gasteiger partial charge in [0.05, 0.1) is 22.8 Å². The van der Waals surface area contributed by atoms with Crippen molar-refractivity contribution in [1.82, 2.24) is 0 Å². The molecule has 0 atom stereocenters. The highest BCUT2D eigenvalue weighted by atomic mass is 35.5. The number of carbonyl (C=O) groups excluding carboxylic acids is 2. The molecule has 0 unspecified atom stereocenters. The molecule has 1 N–H and O–H groups in total. The third kappa shape index (κ3) is 5.31. The lowest BCUT2D eigenvalue weighted by atomic mass is 10.1. The molecule has 2 rings (SSSR count). The van der Waals surface area contributed by atoms with Gasteiger partial charge in [-0.25, -0.2) is 13.2 Å². The van der Waals surface area contributed by atoms with Gasteiger partial charge in [0.1, 0.15) is 5.00 Å². The van der Waals surface area contributed by atoms with Gasteiger partial charge in [0.15, 0.2) is 9.84 Å². The Morgan fingerprint density at radius 1 is 1.19 bits per heavy atom. The molecule has 9 heteroatoms. The van der Waals surface area contributed by atoms with Crippen molar-refractivity contribution < 1.29 is 22.7 Å². The molecule has 0 aliphatic carbocycles. The van der Waals surface area contributed by atoms with E-state index >= 15 is 0 Å². The Balaban J connectivity index is 2.09. The molecule has 2 aromatic rings. The number of esters is 1. The molecular weight excluding hydrogens is 410 g/mol. The second kappa shape index (κ2) is 8.86. The molecule has 0 spiro atoms. The number of hydrogen-bond donors (Lipinski definition) is 1. The van der Waals surface area contributed by atoms with Crippen LogP contribution in [0.5, 0.6) is 0 Å². The predicted molar refractivity (Wildman–Crippen MR) is 107 cm³/mol.